The fourth-order valence-electron chi connectivity index (χ4n) is 2.00. The molecule has 7 nitrogen and oxygen atoms in total. The molecule has 0 spiro atoms. The first-order chi connectivity index (χ1) is 12.5. The maximum Gasteiger partial charge on any atom is 0.270 e. The van der Waals surface area contributed by atoms with E-state index in [1.807, 2.05) is 6.07 Å². The molecule has 0 unspecified atom stereocenters. The highest BCUT2D eigenvalue weighted by atomic mass is 32.2. The molecule has 0 saturated heterocycles. The van der Waals surface area contributed by atoms with Crippen LogP contribution in [0.4, 0.5) is 15.2 Å². The molecule has 1 N–H and O–H groups in total. The van der Waals surface area contributed by atoms with Gasteiger partial charge in [-0.05, 0) is 23.8 Å². The van der Waals surface area contributed by atoms with Crippen LogP contribution in [0.25, 0.3) is 0 Å². The lowest BCUT2D eigenvalue weighted by Gasteiger charge is -2.02. The lowest BCUT2D eigenvalue weighted by Crippen LogP contribution is -1.98. The van der Waals surface area contributed by atoms with Gasteiger partial charge in [-0.15, -0.1) is 10.2 Å². The largest absolute Gasteiger partial charge is 0.356 e. The first kappa shape index (κ1) is 17.8. The molecule has 2 aromatic carbocycles. The average molecular weight is 387 g/mol. The third-order valence-electron chi connectivity index (χ3n) is 3.26. The second-order valence-corrected chi connectivity index (χ2v) is 7.27. The number of nitro groups is 1. The summed E-state index contributed by atoms with van der Waals surface area (Å²) in [5.41, 5.74) is 0.975. The molecule has 26 heavy (non-hydrogen) atoms. The Morgan fingerprint density at radius 1 is 1.27 bits per heavy atom. The van der Waals surface area contributed by atoms with Crippen molar-refractivity contribution >= 4 is 33.9 Å². The van der Waals surface area contributed by atoms with Crippen LogP contribution in [0.15, 0.2) is 51.7 Å². The van der Waals surface area contributed by atoms with E-state index in [9.17, 15) is 19.8 Å². The van der Waals surface area contributed by atoms with Crippen molar-refractivity contribution in [3.63, 3.8) is 0 Å². The minimum Gasteiger partial charge on any atom is -0.356 e. The van der Waals surface area contributed by atoms with Crippen molar-refractivity contribution in [3.8, 4) is 6.07 Å². The number of nitrogens with one attached hydrogen (secondary N) is 1. The Labute approximate surface area is 155 Å². The van der Waals surface area contributed by atoms with Crippen LogP contribution in [0.3, 0.4) is 0 Å². The van der Waals surface area contributed by atoms with Crippen molar-refractivity contribution in [3.05, 3.63) is 69.5 Å². The van der Waals surface area contributed by atoms with Crippen LogP contribution in [0.2, 0.25) is 0 Å². The summed E-state index contributed by atoms with van der Waals surface area (Å²) in [6.07, 6.45) is 0. The summed E-state index contributed by atoms with van der Waals surface area (Å²) in [4.78, 5) is 10.8. The van der Waals surface area contributed by atoms with E-state index in [-0.39, 0.29) is 17.1 Å². The monoisotopic (exact) mass is 387 g/mol. The van der Waals surface area contributed by atoms with Crippen LogP contribution < -0.4 is 5.32 Å². The van der Waals surface area contributed by atoms with Gasteiger partial charge in [0.05, 0.1) is 10.5 Å². The van der Waals surface area contributed by atoms with Gasteiger partial charge in [0.1, 0.15) is 11.9 Å². The Kier molecular flexibility index (Phi) is 5.40. The quantitative estimate of drug-likeness (QED) is 0.499. The zero-order valence-electron chi connectivity index (χ0n) is 13.0. The fourth-order valence-corrected chi connectivity index (χ4v) is 3.77. The van der Waals surface area contributed by atoms with Gasteiger partial charge in [0.15, 0.2) is 4.34 Å². The number of nitrogens with zero attached hydrogens (tertiary/aromatic N) is 4. The minimum atomic E-state index is -0.544. The molecule has 0 radical (unpaired) electrons. The number of nitriles is 1. The Morgan fingerprint density at radius 2 is 2.04 bits per heavy atom. The summed E-state index contributed by atoms with van der Waals surface area (Å²) in [5, 5.41) is 31.7. The lowest BCUT2D eigenvalue weighted by molar-refractivity contribution is -0.384. The van der Waals surface area contributed by atoms with Gasteiger partial charge in [0, 0.05) is 23.6 Å². The van der Waals surface area contributed by atoms with E-state index >= 15 is 0 Å². The molecular formula is C16H10FN5O2S2. The van der Waals surface area contributed by atoms with Crippen molar-refractivity contribution in [2.45, 2.75) is 15.8 Å². The highest BCUT2D eigenvalue weighted by Gasteiger charge is 2.14. The SMILES string of the molecule is N#Cc1cc([N+](=O)[O-])ccc1Sc1nnc(NCc2ccc(F)cc2)s1. The van der Waals surface area contributed by atoms with Crippen LogP contribution in [0, 0.1) is 27.3 Å². The summed E-state index contributed by atoms with van der Waals surface area (Å²) >= 11 is 2.51. The standard InChI is InChI=1S/C16H10FN5O2S2/c17-12-3-1-10(2-4-12)9-19-15-20-21-16(26-15)25-14-6-5-13(22(23)24)7-11(14)8-18/h1-7H,9H2,(H,19,20). The summed E-state index contributed by atoms with van der Waals surface area (Å²) in [5.74, 6) is -0.292. The van der Waals surface area contributed by atoms with Crippen molar-refractivity contribution in [1.29, 1.82) is 5.26 Å². The van der Waals surface area contributed by atoms with E-state index < -0.39 is 4.92 Å². The number of rotatable bonds is 6. The molecule has 0 aliphatic heterocycles. The number of aromatic nitrogens is 2. The maximum absolute atomic E-state index is 12.9. The van der Waals surface area contributed by atoms with Gasteiger partial charge < -0.3 is 5.32 Å². The zero-order chi connectivity index (χ0) is 18.5. The summed E-state index contributed by atoms with van der Waals surface area (Å²) in [7, 11) is 0. The predicted molar refractivity (Wildman–Crippen MR) is 95.6 cm³/mol. The Hall–Kier alpha value is -3.03. The highest BCUT2D eigenvalue weighted by molar-refractivity contribution is 8.01. The fraction of sp³-hybridized carbons (Fsp3) is 0.0625. The molecule has 3 rings (SSSR count). The van der Waals surface area contributed by atoms with Gasteiger partial charge in [0.2, 0.25) is 5.13 Å². The number of hydrogen-bond acceptors (Lipinski definition) is 8. The van der Waals surface area contributed by atoms with Gasteiger partial charge in [-0.3, -0.25) is 10.1 Å². The minimum absolute atomic E-state index is 0.134. The van der Waals surface area contributed by atoms with Crippen LogP contribution in [0.5, 0.6) is 0 Å². The van der Waals surface area contributed by atoms with E-state index in [1.165, 1.54) is 53.4 Å². The molecule has 0 bridgehead atoms. The molecule has 3 aromatic rings. The smallest absolute Gasteiger partial charge is 0.270 e. The molecule has 130 valence electrons. The number of nitro benzene ring substituents is 1. The predicted octanol–water partition coefficient (Wildman–Crippen LogP) is 4.22. The van der Waals surface area contributed by atoms with Crippen molar-refractivity contribution < 1.29 is 9.31 Å². The van der Waals surface area contributed by atoms with E-state index in [0.29, 0.717) is 20.9 Å². The molecule has 10 heteroatoms. The molecule has 0 amide bonds. The van der Waals surface area contributed by atoms with Gasteiger partial charge in [0.25, 0.3) is 5.69 Å². The molecule has 0 aliphatic carbocycles. The van der Waals surface area contributed by atoms with E-state index in [0.717, 1.165) is 5.56 Å². The third-order valence-corrected chi connectivity index (χ3v) is 5.26. The van der Waals surface area contributed by atoms with Gasteiger partial charge in [-0.25, -0.2) is 4.39 Å². The second-order valence-electron chi connectivity index (χ2n) is 5.00. The normalized spacial score (nSPS) is 10.3. The Bertz CT molecular complexity index is 985. The molecule has 1 heterocycles. The second kappa shape index (κ2) is 7.90. The van der Waals surface area contributed by atoms with Gasteiger partial charge in [-0.1, -0.05) is 35.2 Å². The third kappa shape index (κ3) is 4.33. The van der Waals surface area contributed by atoms with Gasteiger partial charge in [-0.2, -0.15) is 5.26 Å². The summed E-state index contributed by atoms with van der Waals surface area (Å²) < 4.78 is 13.5. The Balaban J connectivity index is 1.67. The molecule has 0 saturated carbocycles. The van der Waals surface area contributed by atoms with E-state index in [2.05, 4.69) is 15.5 Å². The topological polar surface area (TPSA) is 105 Å². The van der Waals surface area contributed by atoms with Gasteiger partial charge >= 0.3 is 0 Å². The average Bonchev–Trinajstić information content (AvgIpc) is 3.09. The number of benzene rings is 2. The zero-order valence-corrected chi connectivity index (χ0v) is 14.7. The first-order valence-corrected chi connectivity index (χ1v) is 8.86. The first-order valence-electron chi connectivity index (χ1n) is 7.23. The van der Waals surface area contributed by atoms with Crippen LogP contribution in [0.1, 0.15) is 11.1 Å². The molecule has 0 atom stereocenters. The van der Waals surface area contributed by atoms with Crippen LogP contribution >= 0.6 is 23.1 Å². The van der Waals surface area contributed by atoms with Crippen molar-refractivity contribution in [2.24, 2.45) is 0 Å². The number of non-ortho nitro benzene ring substituents is 1. The Morgan fingerprint density at radius 3 is 2.73 bits per heavy atom. The molecule has 1 aromatic heterocycles. The number of hydrogen-bond donors (Lipinski definition) is 1. The summed E-state index contributed by atoms with van der Waals surface area (Å²) in [6.45, 7) is 0.473. The van der Waals surface area contributed by atoms with Crippen molar-refractivity contribution in [2.75, 3.05) is 5.32 Å². The van der Waals surface area contributed by atoms with Crippen LogP contribution in [-0.4, -0.2) is 15.1 Å². The lowest BCUT2D eigenvalue weighted by atomic mass is 10.2. The highest BCUT2D eigenvalue weighted by Crippen LogP contribution is 2.35. The maximum atomic E-state index is 12.9. The molecular weight excluding hydrogens is 377 g/mol. The number of halogens is 1. The number of anilines is 1. The van der Waals surface area contributed by atoms with E-state index in [1.54, 1.807) is 12.1 Å². The molecule has 0 fully saturated rings. The van der Waals surface area contributed by atoms with Crippen molar-refractivity contribution in [1.82, 2.24) is 10.2 Å². The summed E-state index contributed by atoms with van der Waals surface area (Å²) in [6, 6.07) is 12.2. The van der Waals surface area contributed by atoms with E-state index in [4.69, 9.17) is 0 Å². The van der Waals surface area contributed by atoms with Crippen LogP contribution in [-0.2, 0) is 6.54 Å². The molecule has 0 aliphatic rings.